The van der Waals surface area contributed by atoms with E-state index in [4.69, 9.17) is 0 Å². The van der Waals surface area contributed by atoms with Crippen LogP contribution in [0.1, 0.15) is 23.6 Å². The predicted octanol–water partition coefficient (Wildman–Crippen LogP) is 0.962. The smallest absolute Gasteiger partial charge is 0.226 e. The van der Waals surface area contributed by atoms with Gasteiger partial charge in [0.25, 0.3) is 0 Å². The highest BCUT2D eigenvalue weighted by Crippen LogP contribution is 2.26. The molecule has 1 fully saturated rings. The summed E-state index contributed by atoms with van der Waals surface area (Å²) in [5.41, 5.74) is 2.29. The first-order valence-corrected chi connectivity index (χ1v) is 8.56. The van der Waals surface area contributed by atoms with Gasteiger partial charge in [-0.25, -0.2) is 15.0 Å². The number of nitrogens with one attached hydrogen (secondary N) is 1. The number of piperazine rings is 1. The number of rotatable bonds is 2. The van der Waals surface area contributed by atoms with Gasteiger partial charge in [0.05, 0.1) is 5.69 Å². The van der Waals surface area contributed by atoms with Crippen LogP contribution in [-0.4, -0.2) is 56.9 Å². The molecule has 2 aromatic rings. The molecule has 1 aliphatic heterocycles. The van der Waals surface area contributed by atoms with E-state index in [1.165, 1.54) is 0 Å². The summed E-state index contributed by atoms with van der Waals surface area (Å²) < 4.78 is 0. The molecule has 0 saturated carbocycles. The lowest BCUT2D eigenvalue weighted by atomic mass is 9.88. The zero-order valence-electron chi connectivity index (χ0n) is 13.9. The van der Waals surface area contributed by atoms with E-state index in [0.717, 1.165) is 68.6 Å². The molecule has 0 spiro atoms. The number of carbonyl (C=O) groups is 1. The molecule has 1 N–H and O–H groups in total. The zero-order chi connectivity index (χ0) is 16.5. The summed E-state index contributed by atoms with van der Waals surface area (Å²) in [6.07, 6.45) is 6.10. The van der Waals surface area contributed by atoms with E-state index in [9.17, 15) is 4.79 Å². The number of carbonyl (C=O) groups excluding carboxylic acids is 1. The lowest BCUT2D eigenvalue weighted by Gasteiger charge is -2.37. The first kappa shape index (κ1) is 15.1. The Morgan fingerprint density at radius 3 is 2.71 bits per heavy atom. The van der Waals surface area contributed by atoms with Crippen molar-refractivity contribution in [2.45, 2.75) is 26.2 Å². The van der Waals surface area contributed by atoms with Crippen molar-refractivity contribution in [2.75, 3.05) is 31.1 Å². The molecule has 7 heteroatoms. The van der Waals surface area contributed by atoms with Crippen molar-refractivity contribution in [3.63, 3.8) is 0 Å². The number of anilines is 1. The molecule has 0 aromatic carbocycles. The van der Waals surface area contributed by atoms with Crippen molar-refractivity contribution in [3.05, 3.63) is 35.7 Å². The second-order valence-electron chi connectivity index (χ2n) is 6.55. The number of aryl methyl sites for hydroxylation is 2. The molecule has 1 amide bonds. The molecule has 2 aromatic heterocycles. The van der Waals surface area contributed by atoms with Gasteiger partial charge < -0.3 is 14.8 Å². The third-order valence-corrected chi connectivity index (χ3v) is 4.94. The van der Waals surface area contributed by atoms with Crippen LogP contribution in [0.3, 0.4) is 0 Å². The average Bonchev–Trinajstić information content (AvgIpc) is 3.01. The van der Waals surface area contributed by atoms with Gasteiger partial charge in [0.1, 0.15) is 5.82 Å². The molecule has 24 heavy (non-hydrogen) atoms. The molecule has 1 saturated heterocycles. The van der Waals surface area contributed by atoms with E-state index >= 15 is 0 Å². The van der Waals surface area contributed by atoms with Gasteiger partial charge in [-0.1, -0.05) is 0 Å². The molecule has 2 aliphatic rings. The minimum absolute atomic E-state index is 0.0804. The van der Waals surface area contributed by atoms with Gasteiger partial charge >= 0.3 is 0 Å². The van der Waals surface area contributed by atoms with E-state index in [1.54, 1.807) is 12.4 Å². The van der Waals surface area contributed by atoms with Gasteiger partial charge in [0, 0.05) is 56.6 Å². The maximum absolute atomic E-state index is 12.9. The van der Waals surface area contributed by atoms with Crippen LogP contribution in [0.2, 0.25) is 0 Å². The quantitative estimate of drug-likeness (QED) is 0.889. The summed E-state index contributed by atoms with van der Waals surface area (Å²) in [7, 11) is 0. The molecule has 126 valence electrons. The predicted molar refractivity (Wildman–Crippen MR) is 89.7 cm³/mol. The third kappa shape index (κ3) is 2.86. The molecule has 4 rings (SSSR count). The molecule has 0 radical (unpaired) electrons. The van der Waals surface area contributed by atoms with Crippen LogP contribution in [0.15, 0.2) is 18.5 Å². The van der Waals surface area contributed by atoms with Crippen LogP contribution in [0.5, 0.6) is 0 Å². The minimum Gasteiger partial charge on any atom is -0.346 e. The van der Waals surface area contributed by atoms with Gasteiger partial charge in [-0.2, -0.15) is 0 Å². The summed E-state index contributed by atoms with van der Waals surface area (Å²) in [5, 5.41) is 0. The first-order chi connectivity index (χ1) is 11.7. The number of H-pyrrole nitrogens is 1. The fraction of sp³-hybridized carbons (Fsp3) is 0.529. The average molecular weight is 326 g/mol. The first-order valence-electron chi connectivity index (χ1n) is 8.56. The van der Waals surface area contributed by atoms with E-state index in [2.05, 4.69) is 24.8 Å². The Kier molecular flexibility index (Phi) is 3.92. The zero-order valence-corrected chi connectivity index (χ0v) is 13.9. The molecule has 0 bridgehead atoms. The number of fused-ring (bicyclic) bond motifs is 1. The van der Waals surface area contributed by atoms with E-state index < -0.39 is 0 Å². The van der Waals surface area contributed by atoms with E-state index in [0.29, 0.717) is 0 Å². The van der Waals surface area contributed by atoms with Crippen molar-refractivity contribution >= 4 is 11.9 Å². The Hall–Kier alpha value is -2.44. The summed E-state index contributed by atoms with van der Waals surface area (Å²) in [4.78, 5) is 33.4. The van der Waals surface area contributed by atoms with Crippen LogP contribution >= 0.6 is 0 Å². The van der Waals surface area contributed by atoms with Gasteiger partial charge in [-0.3, -0.25) is 4.79 Å². The van der Waals surface area contributed by atoms with Gasteiger partial charge in [0.2, 0.25) is 11.9 Å². The number of aromatic nitrogens is 4. The number of nitrogens with zero attached hydrogens (tertiary/aromatic N) is 5. The highest BCUT2D eigenvalue weighted by atomic mass is 16.2. The second-order valence-corrected chi connectivity index (χ2v) is 6.55. The Morgan fingerprint density at radius 1 is 1.21 bits per heavy atom. The highest BCUT2D eigenvalue weighted by molar-refractivity contribution is 5.79. The Balaban J connectivity index is 1.37. The van der Waals surface area contributed by atoms with Crippen LogP contribution in [0, 0.1) is 12.8 Å². The number of hydrogen-bond donors (Lipinski definition) is 1. The fourth-order valence-electron chi connectivity index (χ4n) is 3.67. The minimum atomic E-state index is 0.0804. The van der Waals surface area contributed by atoms with Gasteiger partial charge in [0.15, 0.2) is 0 Å². The standard InChI is InChI=1S/C17H22N6O/c1-12-20-14-4-3-13(11-15(14)21-12)16(24)22-7-9-23(10-8-22)17-18-5-2-6-19-17/h2,5-6,13H,3-4,7-11H2,1H3,(H,20,21)/t13-/m0/s1. The normalized spacial score (nSPS) is 20.8. The maximum atomic E-state index is 12.9. The van der Waals surface area contributed by atoms with Crippen LogP contribution in [0.25, 0.3) is 0 Å². The number of imidazole rings is 1. The molecular formula is C17H22N6O. The van der Waals surface area contributed by atoms with Crippen molar-refractivity contribution < 1.29 is 4.79 Å². The monoisotopic (exact) mass is 326 g/mol. The summed E-state index contributed by atoms with van der Waals surface area (Å²) in [6, 6.07) is 1.82. The largest absolute Gasteiger partial charge is 0.346 e. The topological polar surface area (TPSA) is 78.0 Å². The number of amides is 1. The maximum Gasteiger partial charge on any atom is 0.226 e. The van der Waals surface area contributed by atoms with Crippen LogP contribution in [-0.2, 0) is 17.6 Å². The van der Waals surface area contributed by atoms with E-state index in [-0.39, 0.29) is 11.8 Å². The second kappa shape index (κ2) is 6.22. The fourth-order valence-corrected chi connectivity index (χ4v) is 3.67. The van der Waals surface area contributed by atoms with Crippen molar-refractivity contribution in [1.82, 2.24) is 24.8 Å². The Morgan fingerprint density at radius 2 is 1.96 bits per heavy atom. The Bertz CT molecular complexity index is 720. The molecular weight excluding hydrogens is 304 g/mol. The Labute approximate surface area is 141 Å². The summed E-state index contributed by atoms with van der Waals surface area (Å²) >= 11 is 0. The van der Waals surface area contributed by atoms with Crippen LogP contribution in [0.4, 0.5) is 5.95 Å². The van der Waals surface area contributed by atoms with Crippen molar-refractivity contribution in [1.29, 1.82) is 0 Å². The molecule has 0 unspecified atom stereocenters. The van der Waals surface area contributed by atoms with E-state index in [1.807, 2.05) is 17.9 Å². The summed E-state index contributed by atoms with van der Waals surface area (Å²) in [5.74, 6) is 2.06. The lowest BCUT2D eigenvalue weighted by molar-refractivity contribution is -0.136. The lowest BCUT2D eigenvalue weighted by Crippen LogP contribution is -2.51. The van der Waals surface area contributed by atoms with Crippen molar-refractivity contribution in [3.8, 4) is 0 Å². The van der Waals surface area contributed by atoms with Crippen LogP contribution < -0.4 is 4.90 Å². The third-order valence-electron chi connectivity index (χ3n) is 4.94. The molecule has 3 heterocycles. The number of aromatic amines is 1. The summed E-state index contributed by atoms with van der Waals surface area (Å²) in [6.45, 7) is 5.03. The van der Waals surface area contributed by atoms with Crippen molar-refractivity contribution in [2.24, 2.45) is 5.92 Å². The molecule has 1 aliphatic carbocycles. The van der Waals surface area contributed by atoms with Gasteiger partial charge in [-0.15, -0.1) is 0 Å². The number of hydrogen-bond acceptors (Lipinski definition) is 5. The SMILES string of the molecule is Cc1nc2c([nH]1)C[C@@H](C(=O)N1CCN(c3ncccn3)CC1)CC2. The molecule has 1 atom stereocenters. The van der Waals surface area contributed by atoms with Gasteiger partial charge in [-0.05, 0) is 25.8 Å². The molecule has 7 nitrogen and oxygen atoms in total. The highest BCUT2D eigenvalue weighted by Gasteiger charge is 2.31.